The number of hydrogen-bond acceptors (Lipinski definition) is 5. The Balaban J connectivity index is 1.65. The van der Waals surface area contributed by atoms with E-state index in [1.54, 1.807) is 0 Å². The van der Waals surface area contributed by atoms with Crippen molar-refractivity contribution in [3.8, 4) is 0 Å². The van der Waals surface area contributed by atoms with Crippen LogP contribution < -0.4 is 4.80 Å². The molecular formula is C21H22ClN3O4S2. The average molecular weight is 480 g/mol. The highest BCUT2D eigenvalue weighted by Crippen LogP contribution is 2.22. The van der Waals surface area contributed by atoms with E-state index in [1.807, 2.05) is 22.8 Å². The number of thiazole rings is 1. The zero-order valence-electron chi connectivity index (χ0n) is 17.0. The predicted molar refractivity (Wildman–Crippen MR) is 121 cm³/mol. The third-order valence-corrected chi connectivity index (χ3v) is 8.19. The standard InChI is InChI=1S/C21H22ClN3O4S2/c1-2-9-25-18-8-5-16(22)14-19(18)30-21(25)23-20(26)15-3-6-17(7-4-15)31(27,28)24-10-12-29-13-11-24/h3-8,14H,2,9-13H2,1H3. The molecule has 3 aromatic rings. The summed E-state index contributed by atoms with van der Waals surface area (Å²) < 4.78 is 35.1. The van der Waals surface area contributed by atoms with E-state index >= 15 is 0 Å². The molecule has 1 amide bonds. The Morgan fingerprint density at radius 2 is 1.87 bits per heavy atom. The number of ether oxygens (including phenoxy) is 1. The van der Waals surface area contributed by atoms with Gasteiger partial charge in [-0.05, 0) is 48.9 Å². The molecular weight excluding hydrogens is 458 g/mol. The van der Waals surface area contributed by atoms with Crippen molar-refractivity contribution in [3.63, 3.8) is 0 Å². The molecule has 10 heteroatoms. The zero-order chi connectivity index (χ0) is 22.0. The molecule has 1 fully saturated rings. The van der Waals surface area contributed by atoms with Crippen LogP contribution in [0.3, 0.4) is 0 Å². The molecule has 2 heterocycles. The van der Waals surface area contributed by atoms with Crippen LogP contribution in [0.1, 0.15) is 23.7 Å². The summed E-state index contributed by atoms with van der Waals surface area (Å²) in [6.07, 6.45) is 0.893. The predicted octanol–water partition coefficient (Wildman–Crippen LogP) is 3.53. The molecule has 0 atom stereocenters. The van der Waals surface area contributed by atoms with Crippen molar-refractivity contribution >= 4 is 49.1 Å². The molecule has 0 unspecified atom stereocenters. The number of hydrogen-bond donors (Lipinski definition) is 0. The Bertz CT molecular complexity index is 1270. The molecule has 31 heavy (non-hydrogen) atoms. The van der Waals surface area contributed by atoms with Gasteiger partial charge in [-0.3, -0.25) is 4.79 Å². The van der Waals surface area contributed by atoms with E-state index in [2.05, 4.69) is 11.9 Å². The average Bonchev–Trinajstić information content (AvgIpc) is 3.10. The number of fused-ring (bicyclic) bond motifs is 1. The molecule has 0 bridgehead atoms. The molecule has 164 valence electrons. The van der Waals surface area contributed by atoms with Crippen LogP contribution in [0, 0.1) is 0 Å². The first kappa shape index (κ1) is 22.2. The quantitative estimate of drug-likeness (QED) is 0.560. The van der Waals surface area contributed by atoms with Crippen molar-refractivity contribution in [2.75, 3.05) is 26.3 Å². The van der Waals surface area contributed by atoms with Crippen molar-refractivity contribution in [2.24, 2.45) is 4.99 Å². The zero-order valence-corrected chi connectivity index (χ0v) is 19.3. The fourth-order valence-corrected chi connectivity index (χ4v) is 6.17. The van der Waals surface area contributed by atoms with Crippen LogP contribution in [0.5, 0.6) is 0 Å². The smallest absolute Gasteiger partial charge is 0.279 e. The van der Waals surface area contributed by atoms with Gasteiger partial charge in [0.2, 0.25) is 10.0 Å². The van der Waals surface area contributed by atoms with E-state index in [1.165, 1.54) is 39.9 Å². The van der Waals surface area contributed by atoms with Gasteiger partial charge in [0.15, 0.2) is 4.80 Å². The second-order valence-corrected chi connectivity index (χ2v) is 10.5. The molecule has 4 rings (SSSR count). The van der Waals surface area contributed by atoms with Gasteiger partial charge in [0, 0.05) is 30.2 Å². The maximum absolute atomic E-state index is 12.8. The lowest BCUT2D eigenvalue weighted by Gasteiger charge is -2.26. The SMILES string of the molecule is CCCn1c(=NC(=O)c2ccc(S(=O)(=O)N3CCOCC3)cc2)sc2cc(Cl)ccc21. The second-order valence-electron chi connectivity index (χ2n) is 7.11. The lowest BCUT2D eigenvalue weighted by Crippen LogP contribution is -2.40. The molecule has 0 radical (unpaired) electrons. The first-order chi connectivity index (χ1) is 14.9. The fourth-order valence-electron chi connectivity index (χ4n) is 3.43. The number of rotatable bonds is 5. The van der Waals surface area contributed by atoms with Crippen LogP contribution in [0.4, 0.5) is 0 Å². The molecule has 1 saturated heterocycles. The number of halogens is 1. The highest BCUT2D eigenvalue weighted by Gasteiger charge is 2.26. The monoisotopic (exact) mass is 479 g/mol. The van der Waals surface area contributed by atoms with Gasteiger partial charge in [-0.25, -0.2) is 8.42 Å². The summed E-state index contributed by atoms with van der Waals surface area (Å²) in [5.41, 5.74) is 1.31. The number of carbonyl (C=O) groups is 1. The number of carbonyl (C=O) groups excluding carboxylic acids is 1. The van der Waals surface area contributed by atoms with Crippen molar-refractivity contribution in [3.05, 3.63) is 57.9 Å². The van der Waals surface area contributed by atoms with Crippen molar-refractivity contribution in [2.45, 2.75) is 24.8 Å². The van der Waals surface area contributed by atoms with E-state index in [9.17, 15) is 13.2 Å². The normalized spacial score (nSPS) is 16.1. The Morgan fingerprint density at radius 3 is 2.55 bits per heavy atom. The minimum absolute atomic E-state index is 0.156. The number of aromatic nitrogens is 1. The van der Waals surface area contributed by atoms with Crippen molar-refractivity contribution in [1.29, 1.82) is 0 Å². The van der Waals surface area contributed by atoms with Crippen molar-refractivity contribution < 1.29 is 17.9 Å². The number of sulfonamides is 1. The molecule has 2 aromatic carbocycles. The van der Waals surface area contributed by atoms with Gasteiger partial charge >= 0.3 is 0 Å². The number of amides is 1. The molecule has 1 aliphatic rings. The van der Waals surface area contributed by atoms with E-state index in [0.717, 1.165) is 23.2 Å². The summed E-state index contributed by atoms with van der Waals surface area (Å²) in [5.74, 6) is -0.419. The largest absolute Gasteiger partial charge is 0.379 e. The highest BCUT2D eigenvalue weighted by molar-refractivity contribution is 7.89. The summed E-state index contributed by atoms with van der Waals surface area (Å²) in [7, 11) is -3.60. The minimum Gasteiger partial charge on any atom is -0.379 e. The summed E-state index contributed by atoms with van der Waals surface area (Å²) in [6.45, 7) is 4.20. The van der Waals surface area contributed by atoms with E-state index in [-0.39, 0.29) is 4.90 Å². The Kier molecular flexibility index (Phi) is 6.59. The van der Waals surface area contributed by atoms with Crippen LogP contribution >= 0.6 is 22.9 Å². The maximum Gasteiger partial charge on any atom is 0.279 e. The van der Waals surface area contributed by atoms with Crippen LogP contribution in [0.2, 0.25) is 5.02 Å². The van der Waals surface area contributed by atoms with Gasteiger partial charge in [0.05, 0.1) is 28.3 Å². The summed E-state index contributed by atoms with van der Waals surface area (Å²) in [5, 5.41) is 0.632. The number of nitrogens with zero attached hydrogens (tertiary/aromatic N) is 3. The highest BCUT2D eigenvalue weighted by atomic mass is 35.5. The van der Waals surface area contributed by atoms with Crippen LogP contribution in [0.15, 0.2) is 52.4 Å². The number of benzene rings is 2. The number of aryl methyl sites for hydroxylation is 1. The molecule has 0 spiro atoms. The van der Waals surface area contributed by atoms with Gasteiger partial charge in [-0.2, -0.15) is 9.30 Å². The topological polar surface area (TPSA) is 81.0 Å². The van der Waals surface area contributed by atoms with Gasteiger partial charge in [0.25, 0.3) is 5.91 Å². The summed E-state index contributed by atoms with van der Waals surface area (Å²) in [6, 6.07) is 11.5. The Hall–Kier alpha value is -2.04. The molecule has 1 aromatic heterocycles. The van der Waals surface area contributed by atoms with Gasteiger partial charge in [0.1, 0.15) is 0 Å². The van der Waals surface area contributed by atoms with E-state index < -0.39 is 15.9 Å². The summed E-state index contributed by atoms with van der Waals surface area (Å²) in [4.78, 5) is 17.9. The van der Waals surface area contributed by atoms with E-state index in [4.69, 9.17) is 16.3 Å². The van der Waals surface area contributed by atoms with Gasteiger partial charge < -0.3 is 9.30 Å². The van der Waals surface area contributed by atoms with Crippen molar-refractivity contribution in [1.82, 2.24) is 8.87 Å². The van der Waals surface area contributed by atoms with E-state index in [0.29, 0.717) is 41.7 Å². The van der Waals surface area contributed by atoms with Crippen LogP contribution in [-0.2, 0) is 21.3 Å². The van der Waals surface area contributed by atoms with Crippen LogP contribution in [-0.4, -0.2) is 49.5 Å². The molecule has 7 nitrogen and oxygen atoms in total. The Morgan fingerprint density at radius 1 is 1.16 bits per heavy atom. The molecule has 0 N–H and O–H groups in total. The van der Waals surface area contributed by atoms with Gasteiger partial charge in [-0.1, -0.05) is 29.9 Å². The third kappa shape index (κ3) is 4.61. The first-order valence-electron chi connectivity index (χ1n) is 9.96. The van der Waals surface area contributed by atoms with Gasteiger partial charge in [-0.15, -0.1) is 0 Å². The fraction of sp³-hybridized carbons (Fsp3) is 0.333. The number of morpholine rings is 1. The Labute approximate surface area is 189 Å². The maximum atomic E-state index is 12.8. The summed E-state index contributed by atoms with van der Waals surface area (Å²) >= 11 is 7.51. The van der Waals surface area contributed by atoms with Crippen LogP contribution in [0.25, 0.3) is 10.2 Å². The minimum atomic E-state index is -3.60. The molecule has 1 aliphatic heterocycles. The first-order valence-corrected chi connectivity index (χ1v) is 12.6. The lowest BCUT2D eigenvalue weighted by molar-refractivity contribution is 0.0730. The molecule has 0 aliphatic carbocycles. The third-order valence-electron chi connectivity index (χ3n) is 5.00. The molecule has 0 saturated carbocycles. The second kappa shape index (κ2) is 9.22. The lowest BCUT2D eigenvalue weighted by atomic mass is 10.2.